The van der Waals surface area contributed by atoms with Crippen molar-refractivity contribution in [2.45, 2.75) is 13.2 Å². The highest BCUT2D eigenvalue weighted by Crippen LogP contribution is 2.24. The largest absolute Gasteiger partial charge is 0.391 e. The summed E-state index contributed by atoms with van der Waals surface area (Å²) < 4.78 is 2.22. The van der Waals surface area contributed by atoms with Crippen molar-refractivity contribution >= 4 is 33.6 Å². The zero-order valence-corrected chi connectivity index (χ0v) is 17.8. The maximum atomic E-state index is 10.9. The third-order valence-electron chi connectivity index (χ3n) is 5.66. The lowest BCUT2D eigenvalue weighted by Crippen LogP contribution is -1.98. The molecule has 0 fully saturated rings. The Balaban J connectivity index is 1.38. The molecular formula is C27H21N3O3. The number of para-hydroxylation sites is 1. The molecule has 6 heteroatoms. The van der Waals surface area contributed by atoms with Crippen LogP contribution in [0.3, 0.4) is 0 Å². The van der Waals surface area contributed by atoms with Crippen molar-refractivity contribution in [1.29, 1.82) is 0 Å². The van der Waals surface area contributed by atoms with Crippen LogP contribution in [-0.4, -0.2) is 15.7 Å². The molecular weight excluding hydrogens is 414 g/mol. The van der Waals surface area contributed by atoms with Crippen molar-refractivity contribution in [1.82, 2.24) is 4.57 Å². The number of aromatic nitrogens is 1. The molecule has 0 aliphatic carbocycles. The molecule has 4 aromatic carbocycles. The van der Waals surface area contributed by atoms with Crippen LogP contribution in [0.2, 0.25) is 0 Å². The van der Waals surface area contributed by atoms with Crippen LogP contribution < -0.4 is 0 Å². The molecule has 162 valence electrons. The second-order valence-corrected chi connectivity index (χ2v) is 7.80. The number of hydrogen-bond donors (Lipinski definition) is 0. The van der Waals surface area contributed by atoms with Crippen molar-refractivity contribution in [3.8, 4) is 0 Å². The highest BCUT2D eigenvalue weighted by atomic mass is 16.6. The molecule has 0 aliphatic rings. The van der Waals surface area contributed by atoms with Gasteiger partial charge in [-0.2, -0.15) is 0 Å². The summed E-state index contributed by atoms with van der Waals surface area (Å²) in [7, 11) is 0. The van der Waals surface area contributed by atoms with E-state index in [0.717, 1.165) is 23.0 Å². The number of oxime groups is 1. The first-order chi connectivity index (χ1) is 16.2. The SMILES string of the molecule is O=[N+]([O-])c1cccc(CO/N=C\c2cn(Cc3cccc4ccccc34)c3ccccc23)c1. The number of nitro groups is 1. The quantitative estimate of drug-likeness (QED) is 0.171. The average Bonchev–Trinajstić information content (AvgIpc) is 3.20. The van der Waals surface area contributed by atoms with Gasteiger partial charge < -0.3 is 9.40 Å². The Labute approximate surface area is 190 Å². The Kier molecular flexibility index (Phi) is 5.55. The molecule has 0 saturated heterocycles. The van der Waals surface area contributed by atoms with Crippen molar-refractivity contribution in [3.63, 3.8) is 0 Å². The standard InChI is InChI=1S/C27H21N3O3/c31-30(32)24-11-5-7-20(15-24)19-33-28-16-23-18-29(27-14-4-3-13-26(23)27)17-22-10-6-9-21-8-1-2-12-25(21)22/h1-16,18H,17,19H2/b28-16-. The van der Waals surface area contributed by atoms with Crippen LogP contribution in [0.15, 0.2) is 102 Å². The zero-order chi connectivity index (χ0) is 22.6. The van der Waals surface area contributed by atoms with Crippen LogP contribution in [0.4, 0.5) is 5.69 Å². The van der Waals surface area contributed by atoms with Crippen molar-refractivity contribution in [2.24, 2.45) is 5.16 Å². The predicted octanol–water partition coefficient (Wildman–Crippen LogP) is 6.30. The third-order valence-corrected chi connectivity index (χ3v) is 5.66. The van der Waals surface area contributed by atoms with Gasteiger partial charge in [0.15, 0.2) is 0 Å². The summed E-state index contributed by atoms with van der Waals surface area (Å²) >= 11 is 0. The number of hydrogen-bond acceptors (Lipinski definition) is 4. The topological polar surface area (TPSA) is 69.7 Å². The van der Waals surface area contributed by atoms with Gasteiger partial charge in [0.05, 0.1) is 11.1 Å². The summed E-state index contributed by atoms with van der Waals surface area (Å²) in [6.45, 7) is 0.900. The molecule has 1 heterocycles. The molecule has 0 spiro atoms. The Morgan fingerprint density at radius 3 is 2.55 bits per heavy atom. The van der Waals surface area contributed by atoms with Gasteiger partial charge in [-0.05, 0) is 28.0 Å². The van der Waals surface area contributed by atoms with E-state index < -0.39 is 4.92 Å². The number of fused-ring (bicyclic) bond motifs is 2. The van der Waals surface area contributed by atoms with E-state index in [-0.39, 0.29) is 12.3 Å². The molecule has 5 rings (SSSR count). The predicted molar refractivity (Wildman–Crippen MR) is 130 cm³/mol. The third kappa shape index (κ3) is 4.32. The fraction of sp³-hybridized carbons (Fsp3) is 0.0741. The first kappa shape index (κ1) is 20.5. The van der Waals surface area contributed by atoms with Crippen LogP contribution >= 0.6 is 0 Å². The molecule has 5 aromatic rings. The van der Waals surface area contributed by atoms with Crippen LogP contribution in [0.1, 0.15) is 16.7 Å². The lowest BCUT2D eigenvalue weighted by atomic mass is 10.0. The first-order valence-corrected chi connectivity index (χ1v) is 10.6. The molecule has 0 N–H and O–H groups in total. The molecule has 0 aliphatic heterocycles. The molecule has 6 nitrogen and oxygen atoms in total. The molecule has 0 unspecified atom stereocenters. The minimum atomic E-state index is -0.419. The van der Waals surface area contributed by atoms with E-state index in [4.69, 9.17) is 4.84 Å². The lowest BCUT2D eigenvalue weighted by Gasteiger charge is -2.09. The minimum Gasteiger partial charge on any atom is -0.391 e. The molecule has 0 amide bonds. The fourth-order valence-electron chi connectivity index (χ4n) is 4.09. The van der Waals surface area contributed by atoms with E-state index in [1.165, 1.54) is 28.5 Å². The van der Waals surface area contributed by atoms with Gasteiger partial charge in [-0.15, -0.1) is 0 Å². The summed E-state index contributed by atoms with van der Waals surface area (Å²) in [5.41, 5.74) is 4.05. The van der Waals surface area contributed by atoms with Gasteiger partial charge >= 0.3 is 0 Å². The number of rotatable bonds is 7. The minimum absolute atomic E-state index is 0.0385. The van der Waals surface area contributed by atoms with E-state index in [0.29, 0.717) is 5.56 Å². The van der Waals surface area contributed by atoms with E-state index in [2.05, 4.69) is 70.5 Å². The summed E-state index contributed by atoms with van der Waals surface area (Å²) in [5.74, 6) is 0. The highest BCUT2D eigenvalue weighted by molar-refractivity contribution is 5.99. The first-order valence-electron chi connectivity index (χ1n) is 10.6. The van der Waals surface area contributed by atoms with Gasteiger partial charge in [-0.3, -0.25) is 10.1 Å². The van der Waals surface area contributed by atoms with Crippen molar-refractivity contribution in [3.05, 3.63) is 124 Å². The molecule has 0 saturated carbocycles. The monoisotopic (exact) mass is 435 g/mol. The Hall–Kier alpha value is -4.45. The van der Waals surface area contributed by atoms with E-state index in [1.807, 2.05) is 12.1 Å². The van der Waals surface area contributed by atoms with Gasteiger partial charge in [0.2, 0.25) is 0 Å². The Bertz CT molecular complexity index is 1480. The van der Waals surface area contributed by atoms with Crippen LogP contribution in [0, 0.1) is 10.1 Å². The molecule has 0 atom stereocenters. The van der Waals surface area contributed by atoms with E-state index >= 15 is 0 Å². The van der Waals surface area contributed by atoms with Crippen LogP contribution in [-0.2, 0) is 18.0 Å². The maximum Gasteiger partial charge on any atom is 0.269 e. The molecule has 0 radical (unpaired) electrons. The summed E-state index contributed by atoms with van der Waals surface area (Å²) in [6.07, 6.45) is 3.77. The number of nitrogens with zero attached hydrogens (tertiary/aromatic N) is 3. The normalized spacial score (nSPS) is 11.4. The van der Waals surface area contributed by atoms with Gasteiger partial charge in [0.1, 0.15) is 6.61 Å². The second-order valence-electron chi connectivity index (χ2n) is 7.80. The molecule has 0 bridgehead atoms. The van der Waals surface area contributed by atoms with E-state index in [9.17, 15) is 10.1 Å². The maximum absolute atomic E-state index is 10.9. The fourth-order valence-corrected chi connectivity index (χ4v) is 4.09. The van der Waals surface area contributed by atoms with Crippen molar-refractivity contribution < 1.29 is 9.76 Å². The van der Waals surface area contributed by atoms with Gasteiger partial charge in [0.25, 0.3) is 5.69 Å². The Morgan fingerprint density at radius 2 is 1.67 bits per heavy atom. The van der Waals surface area contributed by atoms with Crippen molar-refractivity contribution in [2.75, 3.05) is 0 Å². The zero-order valence-electron chi connectivity index (χ0n) is 17.8. The van der Waals surface area contributed by atoms with Gasteiger partial charge in [-0.1, -0.05) is 78.0 Å². The number of benzene rings is 4. The smallest absolute Gasteiger partial charge is 0.269 e. The average molecular weight is 435 g/mol. The summed E-state index contributed by atoms with van der Waals surface area (Å²) in [4.78, 5) is 15.9. The lowest BCUT2D eigenvalue weighted by molar-refractivity contribution is -0.384. The van der Waals surface area contributed by atoms with Crippen LogP contribution in [0.5, 0.6) is 0 Å². The summed E-state index contributed by atoms with van der Waals surface area (Å²) in [5, 5.41) is 18.6. The molecule has 33 heavy (non-hydrogen) atoms. The second kappa shape index (κ2) is 8.96. The van der Waals surface area contributed by atoms with E-state index in [1.54, 1.807) is 18.3 Å². The molecule has 1 aromatic heterocycles. The summed E-state index contributed by atoms with van der Waals surface area (Å²) in [6, 6.07) is 29.3. The van der Waals surface area contributed by atoms with Gasteiger partial charge in [-0.25, -0.2) is 0 Å². The van der Waals surface area contributed by atoms with Gasteiger partial charge in [0, 0.05) is 41.3 Å². The Morgan fingerprint density at radius 1 is 0.909 bits per heavy atom. The van der Waals surface area contributed by atoms with Crippen LogP contribution in [0.25, 0.3) is 21.7 Å². The number of nitro benzene ring substituents is 1. The number of non-ortho nitro benzene ring substituents is 1. The highest BCUT2D eigenvalue weighted by Gasteiger charge is 2.09.